The maximum atomic E-state index is 12.4. The summed E-state index contributed by atoms with van der Waals surface area (Å²) in [6, 6.07) is 9.06. The molecule has 0 spiro atoms. The van der Waals surface area contributed by atoms with Gasteiger partial charge in [0.25, 0.3) is 11.5 Å². The van der Waals surface area contributed by atoms with Crippen LogP contribution < -0.4 is 21.3 Å². The zero-order valence-electron chi connectivity index (χ0n) is 15.4. The first-order valence-corrected chi connectivity index (χ1v) is 8.40. The minimum Gasteiger partial charge on any atom is -0.496 e. The van der Waals surface area contributed by atoms with Crippen molar-refractivity contribution >= 4 is 16.9 Å². The number of fused-ring (bicyclic) bond motifs is 1. The average Bonchev–Trinajstić information content (AvgIpc) is 2.70. The van der Waals surface area contributed by atoms with E-state index in [1.807, 2.05) is 24.3 Å². The molecular weight excluding hydrogens is 348 g/mol. The van der Waals surface area contributed by atoms with E-state index in [2.05, 4.69) is 10.3 Å². The minimum absolute atomic E-state index is 0.219. The number of rotatable bonds is 5. The summed E-state index contributed by atoms with van der Waals surface area (Å²) in [5.74, 6) is 0.429. The van der Waals surface area contributed by atoms with Crippen LogP contribution in [-0.4, -0.2) is 33.7 Å². The highest BCUT2D eigenvalue weighted by Gasteiger charge is 2.13. The second kappa shape index (κ2) is 7.45. The summed E-state index contributed by atoms with van der Waals surface area (Å²) >= 11 is 0. The van der Waals surface area contributed by atoms with E-state index in [0.717, 1.165) is 15.9 Å². The summed E-state index contributed by atoms with van der Waals surface area (Å²) in [4.78, 5) is 40.8. The molecular formula is C19H20N4O4. The number of hydrogen-bond acceptors (Lipinski definition) is 5. The molecule has 2 heterocycles. The molecule has 0 atom stereocenters. The fourth-order valence-electron chi connectivity index (χ4n) is 2.91. The van der Waals surface area contributed by atoms with E-state index in [-0.39, 0.29) is 22.5 Å². The first-order chi connectivity index (χ1) is 12.9. The standard InChI is InChI=1S/C19H20N4O4/c1-22-16-14(18(25)23(2)19(22)26)10-13(11-21-16)17(24)20-9-8-12-6-4-5-7-15(12)27-3/h4-7,10-11H,8-9H2,1-3H3,(H,20,24). The van der Waals surface area contributed by atoms with Crippen LogP contribution in [0.25, 0.3) is 11.0 Å². The third-order valence-corrected chi connectivity index (χ3v) is 4.43. The second-order valence-electron chi connectivity index (χ2n) is 6.12. The number of nitrogens with one attached hydrogen (secondary N) is 1. The molecule has 1 N–H and O–H groups in total. The number of ether oxygens (including phenoxy) is 1. The van der Waals surface area contributed by atoms with Gasteiger partial charge >= 0.3 is 5.69 Å². The van der Waals surface area contributed by atoms with Crippen molar-refractivity contribution in [3.63, 3.8) is 0 Å². The van der Waals surface area contributed by atoms with E-state index in [4.69, 9.17) is 4.74 Å². The zero-order valence-corrected chi connectivity index (χ0v) is 15.4. The van der Waals surface area contributed by atoms with Gasteiger partial charge < -0.3 is 10.1 Å². The Hall–Kier alpha value is -3.42. The summed E-state index contributed by atoms with van der Waals surface area (Å²) in [5, 5.41) is 3.03. The van der Waals surface area contributed by atoms with Gasteiger partial charge in [0, 0.05) is 26.8 Å². The van der Waals surface area contributed by atoms with Crippen LogP contribution in [0.15, 0.2) is 46.1 Å². The Morgan fingerprint density at radius 1 is 1.19 bits per heavy atom. The maximum Gasteiger partial charge on any atom is 0.332 e. The molecule has 27 heavy (non-hydrogen) atoms. The predicted molar refractivity (Wildman–Crippen MR) is 101 cm³/mol. The van der Waals surface area contributed by atoms with Crippen molar-refractivity contribution in [1.29, 1.82) is 0 Å². The highest BCUT2D eigenvalue weighted by atomic mass is 16.5. The Labute approximate surface area is 155 Å². The fraction of sp³-hybridized carbons (Fsp3) is 0.263. The van der Waals surface area contributed by atoms with Crippen LogP contribution in [0, 0.1) is 0 Å². The van der Waals surface area contributed by atoms with Crippen LogP contribution in [0.5, 0.6) is 5.75 Å². The van der Waals surface area contributed by atoms with Crippen LogP contribution in [0.3, 0.4) is 0 Å². The number of amides is 1. The predicted octanol–water partition coefficient (Wildman–Crippen LogP) is 0.613. The van der Waals surface area contributed by atoms with Gasteiger partial charge in [0.2, 0.25) is 0 Å². The third-order valence-electron chi connectivity index (χ3n) is 4.43. The average molecular weight is 368 g/mol. The second-order valence-corrected chi connectivity index (χ2v) is 6.12. The zero-order chi connectivity index (χ0) is 19.6. The number of aromatic nitrogens is 3. The smallest absolute Gasteiger partial charge is 0.332 e. The van der Waals surface area contributed by atoms with E-state index in [9.17, 15) is 14.4 Å². The van der Waals surface area contributed by atoms with E-state index >= 15 is 0 Å². The van der Waals surface area contributed by atoms with Gasteiger partial charge in [-0.1, -0.05) is 18.2 Å². The first kappa shape index (κ1) is 18.4. The van der Waals surface area contributed by atoms with Gasteiger partial charge in [-0.05, 0) is 24.1 Å². The third kappa shape index (κ3) is 3.46. The highest BCUT2D eigenvalue weighted by molar-refractivity contribution is 5.96. The van der Waals surface area contributed by atoms with Crippen LogP contribution in [0.4, 0.5) is 0 Å². The number of para-hydroxylation sites is 1. The van der Waals surface area contributed by atoms with Gasteiger partial charge in [-0.25, -0.2) is 9.78 Å². The van der Waals surface area contributed by atoms with Gasteiger partial charge in [-0.3, -0.25) is 18.7 Å². The molecule has 0 aliphatic carbocycles. The lowest BCUT2D eigenvalue weighted by Gasteiger charge is -2.10. The monoisotopic (exact) mass is 368 g/mol. The molecule has 3 aromatic rings. The molecule has 0 unspecified atom stereocenters. The summed E-state index contributed by atoms with van der Waals surface area (Å²) in [6.07, 6.45) is 1.96. The fourth-order valence-corrected chi connectivity index (χ4v) is 2.91. The molecule has 140 valence electrons. The van der Waals surface area contributed by atoms with Crippen molar-refractivity contribution in [3.8, 4) is 5.75 Å². The molecule has 8 heteroatoms. The van der Waals surface area contributed by atoms with Gasteiger partial charge in [0.15, 0.2) is 0 Å². The summed E-state index contributed by atoms with van der Waals surface area (Å²) in [6.45, 7) is 0.405. The SMILES string of the molecule is COc1ccccc1CCNC(=O)c1cnc2c(c1)c(=O)n(C)c(=O)n2C. The minimum atomic E-state index is -0.482. The van der Waals surface area contributed by atoms with Crippen LogP contribution in [-0.2, 0) is 20.5 Å². The normalized spacial score (nSPS) is 10.8. The molecule has 0 radical (unpaired) electrons. The molecule has 0 fully saturated rings. The number of benzene rings is 1. The van der Waals surface area contributed by atoms with Crippen LogP contribution >= 0.6 is 0 Å². The first-order valence-electron chi connectivity index (χ1n) is 8.40. The van der Waals surface area contributed by atoms with Crippen molar-refractivity contribution in [1.82, 2.24) is 19.4 Å². The molecule has 0 saturated heterocycles. The largest absolute Gasteiger partial charge is 0.496 e. The topological polar surface area (TPSA) is 95.2 Å². The number of hydrogen-bond donors (Lipinski definition) is 1. The Morgan fingerprint density at radius 3 is 2.67 bits per heavy atom. The molecule has 1 amide bonds. The van der Waals surface area contributed by atoms with Crippen molar-refractivity contribution < 1.29 is 9.53 Å². The molecule has 2 aromatic heterocycles. The number of carbonyl (C=O) groups excluding carboxylic acids is 1. The summed E-state index contributed by atoms with van der Waals surface area (Å²) in [5.41, 5.74) is 0.547. The molecule has 0 aliphatic rings. The molecule has 3 rings (SSSR count). The summed E-state index contributed by atoms with van der Waals surface area (Å²) < 4.78 is 7.56. The summed E-state index contributed by atoms with van der Waals surface area (Å²) in [7, 11) is 4.53. The Balaban J connectivity index is 1.80. The molecule has 0 saturated carbocycles. The molecule has 1 aromatic carbocycles. The van der Waals surface area contributed by atoms with Gasteiger partial charge in [-0.2, -0.15) is 0 Å². The number of aryl methyl sites for hydroxylation is 1. The number of nitrogens with zero attached hydrogens (tertiary/aromatic N) is 3. The Morgan fingerprint density at radius 2 is 1.93 bits per heavy atom. The van der Waals surface area contributed by atoms with E-state index in [1.165, 1.54) is 30.9 Å². The lowest BCUT2D eigenvalue weighted by molar-refractivity contribution is 0.0954. The van der Waals surface area contributed by atoms with Gasteiger partial charge in [-0.15, -0.1) is 0 Å². The molecule has 8 nitrogen and oxygen atoms in total. The number of methoxy groups -OCH3 is 1. The van der Waals surface area contributed by atoms with E-state index in [1.54, 1.807) is 7.11 Å². The maximum absolute atomic E-state index is 12.4. The Bertz CT molecular complexity index is 1130. The quantitative estimate of drug-likeness (QED) is 0.712. The van der Waals surface area contributed by atoms with Crippen molar-refractivity contribution in [3.05, 3.63) is 68.5 Å². The van der Waals surface area contributed by atoms with Gasteiger partial charge in [0.05, 0.1) is 18.1 Å². The van der Waals surface area contributed by atoms with Crippen molar-refractivity contribution in [2.75, 3.05) is 13.7 Å². The van der Waals surface area contributed by atoms with E-state index in [0.29, 0.717) is 13.0 Å². The molecule has 0 bridgehead atoms. The highest BCUT2D eigenvalue weighted by Crippen LogP contribution is 2.17. The molecule has 0 aliphatic heterocycles. The number of carbonyl (C=O) groups is 1. The van der Waals surface area contributed by atoms with Crippen molar-refractivity contribution in [2.45, 2.75) is 6.42 Å². The lowest BCUT2D eigenvalue weighted by atomic mass is 10.1. The number of pyridine rings is 1. The lowest BCUT2D eigenvalue weighted by Crippen LogP contribution is -2.37. The van der Waals surface area contributed by atoms with Crippen LogP contribution in [0.2, 0.25) is 0 Å². The van der Waals surface area contributed by atoms with E-state index < -0.39 is 11.2 Å². The van der Waals surface area contributed by atoms with Crippen LogP contribution in [0.1, 0.15) is 15.9 Å². The van der Waals surface area contributed by atoms with Gasteiger partial charge in [0.1, 0.15) is 11.4 Å². The Kier molecular flexibility index (Phi) is 5.07. The van der Waals surface area contributed by atoms with Crippen molar-refractivity contribution in [2.24, 2.45) is 14.1 Å².